The van der Waals surface area contributed by atoms with Crippen LogP contribution in [0.2, 0.25) is 0 Å². The number of benzene rings is 2. The molecule has 2 aromatic carbocycles. The molecule has 25 heavy (non-hydrogen) atoms. The lowest BCUT2D eigenvalue weighted by atomic mass is 10.0. The van der Waals surface area contributed by atoms with Crippen LogP contribution in [0.25, 0.3) is 11.1 Å². The van der Waals surface area contributed by atoms with Gasteiger partial charge in [-0.1, -0.05) is 54.6 Å². The molecule has 0 aromatic heterocycles. The number of piperazine rings is 1. The van der Waals surface area contributed by atoms with E-state index in [9.17, 15) is 4.79 Å². The Hall–Kier alpha value is -1.88. The predicted octanol–water partition coefficient (Wildman–Crippen LogP) is 2.34. The van der Waals surface area contributed by atoms with Crippen molar-refractivity contribution in [3.05, 3.63) is 60.2 Å². The van der Waals surface area contributed by atoms with Gasteiger partial charge in [-0.15, -0.1) is 12.4 Å². The average Bonchev–Trinajstić information content (AvgIpc) is 2.64. The molecule has 0 atom stereocenters. The summed E-state index contributed by atoms with van der Waals surface area (Å²) in [5, 5.41) is 6.36. The smallest absolute Gasteiger partial charge is 0.224 e. The maximum absolute atomic E-state index is 12.1. The third-order valence-corrected chi connectivity index (χ3v) is 4.39. The van der Waals surface area contributed by atoms with Crippen LogP contribution < -0.4 is 10.6 Å². The summed E-state index contributed by atoms with van der Waals surface area (Å²) in [6, 6.07) is 18.5. The first-order valence-electron chi connectivity index (χ1n) is 8.65. The van der Waals surface area contributed by atoms with Crippen LogP contribution in [0.1, 0.15) is 5.56 Å². The third-order valence-electron chi connectivity index (χ3n) is 4.39. The summed E-state index contributed by atoms with van der Waals surface area (Å²) in [7, 11) is 0. The van der Waals surface area contributed by atoms with Gasteiger partial charge in [-0.3, -0.25) is 9.69 Å². The van der Waals surface area contributed by atoms with Crippen molar-refractivity contribution in [3.8, 4) is 11.1 Å². The van der Waals surface area contributed by atoms with Gasteiger partial charge in [0.15, 0.2) is 0 Å². The van der Waals surface area contributed by atoms with Crippen LogP contribution >= 0.6 is 12.4 Å². The fraction of sp³-hybridized carbons (Fsp3) is 0.350. The maximum atomic E-state index is 12.1. The Morgan fingerprint density at radius 2 is 1.60 bits per heavy atom. The molecule has 4 nitrogen and oxygen atoms in total. The first-order chi connectivity index (χ1) is 11.8. The summed E-state index contributed by atoms with van der Waals surface area (Å²) < 4.78 is 0. The topological polar surface area (TPSA) is 44.4 Å². The molecule has 1 fully saturated rings. The highest BCUT2D eigenvalue weighted by Crippen LogP contribution is 2.19. The van der Waals surface area contributed by atoms with Gasteiger partial charge in [0.25, 0.3) is 0 Å². The molecule has 3 rings (SSSR count). The monoisotopic (exact) mass is 359 g/mol. The molecule has 1 heterocycles. The molecule has 0 spiro atoms. The molecule has 0 saturated carbocycles. The second kappa shape index (κ2) is 10.2. The first-order valence-corrected chi connectivity index (χ1v) is 8.65. The fourth-order valence-corrected chi connectivity index (χ4v) is 2.98. The molecule has 1 aliphatic heterocycles. The number of hydrogen-bond donors (Lipinski definition) is 2. The Balaban J connectivity index is 0.00000225. The normalized spacial score (nSPS) is 14.6. The number of nitrogens with one attached hydrogen (secondary N) is 2. The van der Waals surface area contributed by atoms with Crippen molar-refractivity contribution in [2.75, 3.05) is 39.3 Å². The molecule has 2 N–H and O–H groups in total. The Labute approximate surface area is 156 Å². The van der Waals surface area contributed by atoms with Crippen molar-refractivity contribution < 1.29 is 4.79 Å². The van der Waals surface area contributed by atoms with E-state index in [1.165, 1.54) is 11.1 Å². The quantitative estimate of drug-likeness (QED) is 0.832. The molecule has 1 amide bonds. The summed E-state index contributed by atoms with van der Waals surface area (Å²) >= 11 is 0. The summed E-state index contributed by atoms with van der Waals surface area (Å²) in [4.78, 5) is 14.4. The number of rotatable bonds is 6. The Kier molecular flexibility index (Phi) is 7.92. The summed E-state index contributed by atoms with van der Waals surface area (Å²) in [5.41, 5.74) is 3.43. The minimum atomic E-state index is 0. The Morgan fingerprint density at radius 3 is 2.28 bits per heavy atom. The van der Waals surface area contributed by atoms with Gasteiger partial charge in [0, 0.05) is 39.3 Å². The molecule has 2 aromatic rings. The standard InChI is InChI=1S/C20H25N3O.ClH/c24-20(22-12-15-23-13-10-21-11-14-23)16-17-6-8-19(9-7-17)18-4-2-1-3-5-18;/h1-9,21H,10-16H2,(H,22,24);1H. The number of carbonyl (C=O) groups excluding carboxylic acids is 1. The number of hydrogen-bond acceptors (Lipinski definition) is 3. The van der Waals surface area contributed by atoms with Crippen LogP contribution in [0, 0.1) is 0 Å². The van der Waals surface area contributed by atoms with Gasteiger partial charge < -0.3 is 10.6 Å². The van der Waals surface area contributed by atoms with Gasteiger partial charge in [-0.25, -0.2) is 0 Å². The molecule has 5 heteroatoms. The van der Waals surface area contributed by atoms with Gasteiger partial charge in [0.2, 0.25) is 5.91 Å². The summed E-state index contributed by atoms with van der Waals surface area (Å²) in [6.07, 6.45) is 0.441. The van der Waals surface area contributed by atoms with Gasteiger partial charge in [0.1, 0.15) is 0 Å². The first kappa shape index (κ1) is 19.4. The predicted molar refractivity (Wildman–Crippen MR) is 105 cm³/mol. The zero-order valence-corrected chi connectivity index (χ0v) is 15.2. The van der Waals surface area contributed by atoms with Crippen molar-refractivity contribution in [3.63, 3.8) is 0 Å². The van der Waals surface area contributed by atoms with Crippen LogP contribution in [0.4, 0.5) is 0 Å². The average molecular weight is 360 g/mol. The van der Waals surface area contributed by atoms with E-state index in [0.717, 1.165) is 44.8 Å². The molecular formula is C20H26ClN3O. The van der Waals surface area contributed by atoms with Crippen molar-refractivity contribution in [1.82, 2.24) is 15.5 Å². The number of carbonyl (C=O) groups is 1. The van der Waals surface area contributed by atoms with Crippen molar-refractivity contribution in [2.45, 2.75) is 6.42 Å². The minimum Gasteiger partial charge on any atom is -0.355 e. The zero-order chi connectivity index (χ0) is 16.6. The number of nitrogens with zero attached hydrogens (tertiary/aromatic N) is 1. The molecule has 0 radical (unpaired) electrons. The summed E-state index contributed by atoms with van der Waals surface area (Å²) in [6.45, 7) is 5.87. The van der Waals surface area contributed by atoms with Gasteiger partial charge in [-0.05, 0) is 16.7 Å². The molecule has 134 valence electrons. The highest BCUT2D eigenvalue weighted by molar-refractivity contribution is 5.85. The van der Waals surface area contributed by atoms with E-state index in [1.807, 2.05) is 30.3 Å². The van der Waals surface area contributed by atoms with Crippen molar-refractivity contribution >= 4 is 18.3 Å². The molecule has 1 aliphatic rings. The van der Waals surface area contributed by atoms with Gasteiger partial charge in [0.05, 0.1) is 6.42 Å². The largest absolute Gasteiger partial charge is 0.355 e. The zero-order valence-electron chi connectivity index (χ0n) is 14.4. The van der Waals surface area contributed by atoms with E-state index < -0.39 is 0 Å². The minimum absolute atomic E-state index is 0. The number of halogens is 1. The fourth-order valence-electron chi connectivity index (χ4n) is 2.98. The van der Waals surface area contributed by atoms with Crippen LogP contribution in [0.5, 0.6) is 0 Å². The Bertz CT molecular complexity index is 640. The van der Waals surface area contributed by atoms with Crippen LogP contribution in [0.3, 0.4) is 0 Å². The van der Waals surface area contributed by atoms with E-state index >= 15 is 0 Å². The van der Waals surface area contributed by atoms with E-state index in [-0.39, 0.29) is 18.3 Å². The lowest BCUT2D eigenvalue weighted by Gasteiger charge is -2.27. The third kappa shape index (κ3) is 6.16. The van der Waals surface area contributed by atoms with Crippen LogP contribution in [-0.2, 0) is 11.2 Å². The molecular weight excluding hydrogens is 334 g/mol. The highest BCUT2D eigenvalue weighted by Gasteiger charge is 2.09. The van der Waals surface area contributed by atoms with Crippen molar-refractivity contribution in [2.24, 2.45) is 0 Å². The van der Waals surface area contributed by atoms with E-state index in [0.29, 0.717) is 6.42 Å². The van der Waals surface area contributed by atoms with Gasteiger partial charge in [-0.2, -0.15) is 0 Å². The van der Waals surface area contributed by atoms with Crippen LogP contribution in [-0.4, -0.2) is 50.1 Å². The van der Waals surface area contributed by atoms with Crippen molar-refractivity contribution in [1.29, 1.82) is 0 Å². The molecule has 0 bridgehead atoms. The van der Waals surface area contributed by atoms with E-state index in [1.54, 1.807) is 0 Å². The Morgan fingerprint density at radius 1 is 0.960 bits per heavy atom. The second-order valence-electron chi connectivity index (χ2n) is 6.18. The van der Waals surface area contributed by atoms with E-state index in [2.05, 4.69) is 39.8 Å². The highest BCUT2D eigenvalue weighted by atomic mass is 35.5. The maximum Gasteiger partial charge on any atom is 0.224 e. The number of amides is 1. The summed E-state index contributed by atoms with van der Waals surface area (Å²) in [5.74, 6) is 0.0950. The van der Waals surface area contributed by atoms with E-state index in [4.69, 9.17) is 0 Å². The van der Waals surface area contributed by atoms with Crippen LogP contribution in [0.15, 0.2) is 54.6 Å². The lowest BCUT2D eigenvalue weighted by molar-refractivity contribution is -0.120. The second-order valence-corrected chi connectivity index (χ2v) is 6.18. The lowest BCUT2D eigenvalue weighted by Crippen LogP contribution is -2.46. The molecule has 0 unspecified atom stereocenters. The molecule has 0 aliphatic carbocycles. The van der Waals surface area contributed by atoms with Gasteiger partial charge >= 0.3 is 0 Å². The SMILES string of the molecule is Cl.O=C(Cc1ccc(-c2ccccc2)cc1)NCCN1CCNCC1. The molecule has 1 saturated heterocycles.